The molecule has 2 aromatic carbocycles. The molecule has 0 aliphatic heterocycles. The summed E-state index contributed by atoms with van der Waals surface area (Å²) in [5, 5.41) is 0. The van der Waals surface area contributed by atoms with E-state index in [1.165, 1.54) is 16.9 Å². The van der Waals surface area contributed by atoms with Gasteiger partial charge in [0.2, 0.25) is 0 Å². The summed E-state index contributed by atoms with van der Waals surface area (Å²) in [5.41, 5.74) is 2.50. The Labute approximate surface area is 152 Å². The third kappa shape index (κ3) is 4.77. The maximum Gasteiger partial charge on any atom is 0.343 e. The number of hydrogen-bond donors (Lipinski definition) is 0. The molecule has 3 nitrogen and oxygen atoms in total. The van der Waals surface area contributed by atoms with Crippen LogP contribution in [0, 0.1) is 13.8 Å². The van der Waals surface area contributed by atoms with Crippen molar-refractivity contribution in [2.75, 3.05) is 0 Å². The van der Waals surface area contributed by atoms with E-state index in [9.17, 15) is 4.79 Å². The molecular formula is C21H20O3S. The van der Waals surface area contributed by atoms with Crippen molar-refractivity contribution in [1.82, 2.24) is 0 Å². The highest BCUT2D eigenvalue weighted by Gasteiger charge is 2.11. The first-order valence-corrected chi connectivity index (χ1v) is 8.96. The lowest BCUT2D eigenvalue weighted by molar-refractivity contribution is 0.0733. The summed E-state index contributed by atoms with van der Waals surface area (Å²) in [6.45, 7) is 3.88. The van der Waals surface area contributed by atoms with Crippen LogP contribution in [0.25, 0.3) is 0 Å². The fourth-order valence-electron chi connectivity index (χ4n) is 2.39. The monoisotopic (exact) mass is 352 g/mol. The van der Waals surface area contributed by atoms with Gasteiger partial charge >= 0.3 is 5.97 Å². The number of carbonyl (C=O) groups excluding carboxylic acids is 1. The molecule has 0 saturated heterocycles. The van der Waals surface area contributed by atoms with E-state index in [0.717, 1.165) is 29.7 Å². The standard InChI is InChI=1S/C21H20O3S/c1-15-8-10-17(11-9-15)21(22)23-20-13-12-18(14-16(20)2)24-25-19-6-4-3-5-7-19/h3-4,6,8-14H,5,7H2,1-2H3. The molecule has 0 unspecified atom stereocenters. The molecule has 0 heterocycles. The molecule has 0 atom stereocenters. The smallest absolute Gasteiger partial charge is 0.343 e. The Balaban J connectivity index is 1.63. The quantitative estimate of drug-likeness (QED) is 0.388. The highest BCUT2D eigenvalue weighted by atomic mass is 32.2. The molecule has 1 aliphatic rings. The van der Waals surface area contributed by atoms with Crippen molar-refractivity contribution in [3.63, 3.8) is 0 Å². The SMILES string of the molecule is Cc1ccc(C(=O)Oc2ccc(OSC3=CC=CCC3)cc2C)cc1. The molecule has 0 radical (unpaired) electrons. The second-order valence-corrected chi connectivity index (χ2v) is 6.81. The summed E-state index contributed by atoms with van der Waals surface area (Å²) < 4.78 is 11.3. The van der Waals surface area contributed by atoms with Gasteiger partial charge in [0.05, 0.1) is 17.6 Å². The van der Waals surface area contributed by atoms with Gasteiger partial charge in [-0.3, -0.25) is 0 Å². The second kappa shape index (κ2) is 8.08. The van der Waals surface area contributed by atoms with Gasteiger partial charge in [-0.15, -0.1) is 0 Å². The lowest BCUT2D eigenvalue weighted by Crippen LogP contribution is -2.09. The molecule has 128 valence electrons. The maximum atomic E-state index is 12.2. The zero-order valence-corrected chi connectivity index (χ0v) is 15.1. The molecule has 3 rings (SSSR count). The highest BCUT2D eigenvalue weighted by Crippen LogP contribution is 2.30. The van der Waals surface area contributed by atoms with Crippen LogP contribution >= 0.6 is 12.0 Å². The van der Waals surface area contributed by atoms with Crippen LogP contribution in [-0.4, -0.2) is 5.97 Å². The van der Waals surface area contributed by atoms with Crippen molar-refractivity contribution < 1.29 is 13.7 Å². The molecule has 0 saturated carbocycles. The average Bonchev–Trinajstić information content (AvgIpc) is 2.63. The molecule has 2 aromatic rings. The molecule has 0 amide bonds. The van der Waals surface area contributed by atoms with Gasteiger partial charge in [0.1, 0.15) is 11.5 Å². The Hall–Kier alpha value is -2.46. The van der Waals surface area contributed by atoms with E-state index in [2.05, 4.69) is 12.2 Å². The molecule has 0 fully saturated rings. The zero-order chi connectivity index (χ0) is 17.6. The second-order valence-electron chi connectivity index (χ2n) is 5.95. The molecular weight excluding hydrogens is 332 g/mol. The Morgan fingerprint density at radius 3 is 2.56 bits per heavy atom. The van der Waals surface area contributed by atoms with Gasteiger partial charge in [-0.2, -0.15) is 0 Å². The van der Waals surface area contributed by atoms with E-state index < -0.39 is 0 Å². The first-order chi connectivity index (χ1) is 12.1. The van der Waals surface area contributed by atoms with E-state index in [0.29, 0.717) is 11.3 Å². The number of carbonyl (C=O) groups is 1. The van der Waals surface area contributed by atoms with Crippen LogP contribution in [0.4, 0.5) is 0 Å². The number of rotatable bonds is 5. The summed E-state index contributed by atoms with van der Waals surface area (Å²) in [6.07, 6.45) is 8.32. The minimum absolute atomic E-state index is 0.356. The fourth-order valence-corrected chi connectivity index (χ4v) is 3.03. The van der Waals surface area contributed by atoms with Crippen LogP contribution < -0.4 is 8.92 Å². The molecule has 1 aliphatic carbocycles. The number of benzene rings is 2. The van der Waals surface area contributed by atoms with E-state index in [-0.39, 0.29) is 5.97 Å². The van der Waals surface area contributed by atoms with Crippen molar-refractivity contribution >= 4 is 18.0 Å². The van der Waals surface area contributed by atoms with Gasteiger partial charge in [-0.05, 0) is 68.7 Å². The maximum absolute atomic E-state index is 12.2. The summed E-state index contributed by atoms with van der Waals surface area (Å²) >= 11 is 1.38. The van der Waals surface area contributed by atoms with Crippen LogP contribution in [0.15, 0.2) is 65.6 Å². The Kier molecular flexibility index (Phi) is 5.61. The van der Waals surface area contributed by atoms with E-state index in [4.69, 9.17) is 8.92 Å². The van der Waals surface area contributed by atoms with Crippen molar-refractivity contribution in [3.8, 4) is 11.5 Å². The Morgan fingerprint density at radius 2 is 1.88 bits per heavy atom. The first-order valence-electron chi connectivity index (χ1n) is 8.21. The predicted molar refractivity (Wildman–Crippen MR) is 102 cm³/mol. The number of hydrogen-bond acceptors (Lipinski definition) is 4. The molecule has 0 N–H and O–H groups in total. The van der Waals surface area contributed by atoms with Crippen LogP contribution in [0.2, 0.25) is 0 Å². The summed E-state index contributed by atoms with van der Waals surface area (Å²) in [5.74, 6) is 0.932. The van der Waals surface area contributed by atoms with Crippen LogP contribution in [0.3, 0.4) is 0 Å². The topological polar surface area (TPSA) is 35.5 Å². The van der Waals surface area contributed by atoms with Gasteiger partial charge in [-0.25, -0.2) is 4.79 Å². The normalized spacial score (nSPS) is 13.3. The Morgan fingerprint density at radius 1 is 1.08 bits per heavy atom. The van der Waals surface area contributed by atoms with Crippen molar-refractivity contribution in [2.24, 2.45) is 0 Å². The minimum atomic E-state index is -0.356. The number of ether oxygens (including phenoxy) is 1. The van der Waals surface area contributed by atoms with Crippen molar-refractivity contribution in [2.45, 2.75) is 26.7 Å². The van der Waals surface area contributed by atoms with Gasteiger partial charge in [0.25, 0.3) is 0 Å². The molecule has 0 aromatic heterocycles. The van der Waals surface area contributed by atoms with Gasteiger partial charge < -0.3 is 8.92 Å². The number of esters is 1. The van der Waals surface area contributed by atoms with E-state index in [1.807, 2.05) is 44.2 Å². The highest BCUT2D eigenvalue weighted by molar-refractivity contribution is 7.98. The van der Waals surface area contributed by atoms with Crippen molar-refractivity contribution in [1.29, 1.82) is 0 Å². The summed E-state index contributed by atoms with van der Waals surface area (Å²) in [6, 6.07) is 12.8. The van der Waals surface area contributed by atoms with Gasteiger partial charge in [0, 0.05) is 4.91 Å². The summed E-state index contributed by atoms with van der Waals surface area (Å²) in [7, 11) is 0. The van der Waals surface area contributed by atoms with Crippen LogP contribution in [-0.2, 0) is 0 Å². The number of allylic oxidation sites excluding steroid dienone is 4. The van der Waals surface area contributed by atoms with Gasteiger partial charge in [0.15, 0.2) is 0 Å². The predicted octanol–water partition coefficient (Wildman–Crippen LogP) is 5.78. The minimum Gasteiger partial charge on any atom is -0.423 e. The third-order valence-electron chi connectivity index (χ3n) is 3.86. The van der Waals surface area contributed by atoms with E-state index >= 15 is 0 Å². The lowest BCUT2D eigenvalue weighted by atomic mass is 10.1. The number of aryl methyl sites for hydroxylation is 2. The van der Waals surface area contributed by atoms with Gasteiger partial charge in [-0.1, -0.05) is 29.8 Å². The largest absolute Gasteiger partial charge is 0.423 e. The Bertz CT molecular complexity index is 820. The fraction of sp³-hybridized carbons (Fsp3) is 0.190. The lowest BCUT2D eigenvalue weighted by Gasteiger charge is -2.11. The zero-order valence-electron chi connectivity index (χ0n) is 14.3. The van der Waals surface area contributed by atoms with E-state index in [1.54, 1.807) is 18.2 Å². The molecule has 0 spiro atoms. The van der Waals surface area contributed by atoms with Crippen LogP contribution in [0.5, 0.6) is 11.5 Å². The summed E-state index contributed by atoms with van der Waals surface area (Å²) in [4.78, 5) is 13.4. The third-order valence-corrected chi connectivity index (χ3v) is 4.69. The van der Waals surface area contributed by atoms with Crippen molar-refractivity contribution in [3.05, 3.63) is 82.3 Å². The average molecular weight is 352 g/mol. The first kappa shape index (κ1) is 17.4. The van der Waals surface area contributed by atoms with Crippen LogP contribution in [0.1, 0.15) is 34.3 Å². The molecule has 4 heteroatoms. The molecule has 25 heavy (non-hydrogen) atoms. The molecule has 0 bridgehead atoms.